The Morgan fingerprint density at radius 3 is 0.933 bits per heavy atom. The molecule has 0 unspecified atom stereocenters. The first-order valence-electron chi connectivity index (χ1n) is 19.6. The summed E-state index contributed by atoms with van der Waals surface area (Å²) >= 11 is 0. The van der Waals surface area contributed by atoms with Crippen molar-refractivity contribution in [1.82, 2.24) is 0 Å². The second-order valence-electron chi connectivity index (χ2n) is 13.8. The summed E-state index contributed by atoms with van der Waals surface area (Å²) in [7, 11) is 0. The van der Waals surface area contributed by atoms with E-state index in [4.69, 9.17) is 9.47 Å². The molecule has 0 atom stereocenters. The number of hydrogen-bond acceptors (Lipinski definition) is 6. The van der Waals surface area contributed by atoms with Gasteiger partial charge in [0.2, 0.25) is 0 Å². The van der Waals surface area contributed by atoms with Gasteiger partial charge in [0, 0.05) is 34.1 Å². The molecule has 296 valence electrons. The third-order valence-corrected chi connectivity index (χ3v) is 9.68. The molecule has 0 aliphatic heterocycles. The minimum Gasteiger partial charge on any atom is -0.508 e. The summed E-state index contributed by atoms with van der Waals surface area (Å²) < 4.78 is 12.1. The van der Waals surface area contributed by atoms with E-state index in [-0.39, 0.29) is 11.5 Å². The summed E-state index contributed by atoms with van der Waals surface area (Å²) in [5.74, 6) is 2.11. The number of anilines is 6. The molecule has 0 saturated carbocycles. The molecule has 8 rings (SSSR count). The Bertz CT molecular complexity index is 2400. The van der Waals surface area contributed by atoms with Crippen molar-refractivity contribution in [3.05, 3.63) is 242 Å². The molecule has 0 fully saturated rings. The number of ether oxygens (including phenoxy) is 2. The number of phenolic OH excluding ortho intramolecular Hbond substituents is 2. The average molecular weight is 787 g/mol. The van der Waals surface area contributed by atoms with Gasteiger partial charge in [0.25, 0.3) is 0 Å². The van der Waals surface area contributed by atoms with Crippen molar-refractivity contribution in [3.63, 3.8) is 0 Å². The van der Waals surface area contributed by atoms with E-state index in [9.17, 15) is 10.2 Å². The molecule has 6 nitrogen and oxygen atoms in total. The molecule has 8 aromatic rings. The van der Waals surface area contributed by atoms with Gasteiger partial charge in [-0.2, -0.15) is 0 Å². The lowest BCUT2D eigenvalue weighted by Gasteiger charge is -2.25. The van der Waals surface area contributed by atoms with Crippen molar-refractivity contribution in [3.8, 4) is 23.0 Å². The molecule has 0 aromatic heterocycles. The van der Waals surface area contributed by atoms with E-state index in [1.165, 1.54) is 0 Å². The van der Waals surface area contributed by atoms with Crippen LogP contribution in [0.5, 0.6) is 23.0 Å². The van der Waals surface area contributed by atoms with Gasteiger partial charge in [-0.1, -0.05) is 110 Å². The topological polar surface area (TPSA) is 65.4 Å². The highest BCUT2D eigenvalue weighted by Gasteiger charge is 2.14. The van der Waals surface area contributed by atoms with Crippen LogP contribution >= 0.6 is 0 Å². The molecule has 0 aliphatic carbocycles. The highest BCUT2D eigenvalue weighted by atomic mass is 16.5. The second-order valence-corrected chi connectivity index (χ2v) is 13.8. The molecular weight excluding hydrogens is 741 g/mol. The largest absolute Gasteiger partial charge is 0.508 e. The number of para-hydroxylation sites is 2. The molecule has 0 aliphatic rings. The fraction of sp³-hybridized carbons (Fsp3) is 0.0370. The third-order valence-electron chi connectivity index (χ3n) is 9.68. The summed E-state index contributed by atoms with van der Waals surface area (Å²) in [4.78, 5) is 4.27. The zero-order chi connectivity index (χ0) is 41.5. The van der Waals surface area contributed by atoms with Crippen LogP contribution < -0.4 is 19.3 Å². The minimum atomic E-state index is 0.234. The zero-order valence-electron chi connectivity index (χ0n) is 33.2. The second kappa shape index (κ2) is 19.9. The number of aromatic hydroxyl groups is 2. The van der Waals surface area contributed by atoms with Crippen LogP contribution in [0.1, 0.15) is 22.3 Å². The fourth-order valence-electron chi connectivity index (χ4n) is 6.47. The molecule has 0 heterocycles. The van der Waals surface area contributed by atoms with Gasteiger partial charge < -0.3 is 29.5 Å². The van der Waals surface area contributed by atoms with Crippen molar-refractivity contribution < 1.29 is 19.7 Å². The summed E-state index contributed by atoms with van der Waals surface area (Å²) in [5, 5.41) is 18.9. The van der Waals surface area contributed by atoms with Crippen molar-refractivity contribution >= 4 is 46.3 Å². The van der Waals surface area contributed by atoms with Gasteiger partial charge in [0.1, 0.15) is 36.2 Å². The van der Waals surface area contributed by atoms with Gasteiger partial charge in [0.15, 0.2) is 0 Å². The number of rotatable bonds is 14. The number of hydrogen-bond donors (Lipinski definition) is 2. The Labute approximate surface area is 352 Å². The number of phenols is 2. The standard InChI is InChI=1S/C36H31NO2.C18H15NO2/c1-3-28-10-14-30(15-11-28)26-38-35-22-18-33(19-23-35)37(32-8-6-5-7-9-32)34-20-24-36(25-21-34)39-27-31-16-12-29(4-2)13-17-31;20-17-10-6-15(7-11-17)19(14-4-2-1-3-5-14)16-8-12-18(21)13-9-16/h3-25H,1-2,26-27H2;1-13,20-21H. The average Bonchev–Trinajstić information content (AvgIpc) is 3.31. The zero-order valence-corrected chi connectivity index (χ0v) is 33.2. The Morgan fingerprint density at radius 1 is 0.350 bits per heavy atom. The summed E-state index contributed by atoms with van der Waals surface area (Å²) in [5.41, 5.74) is 10.5. The molecule has 0 bridgehead atoms. The summed E-state index contributed by atoms with van der Waals surface area (Å²) in [6.07, 6.45) is 3.68. The van der Waals surface area contributed by atoms with Crippen molar-refractivity contribution in [2.75, 3.05) is 9.80 Å². The molecule has 6 heteroatoms. The maximum Gasteiger partial charge on any atom is 0.119 e. The Hall–Kier alpha value is -7.96. The molecule has 0 spiro atoms. The predicted octanol–water partition coefficient (Wildman–Crippen LogP) is 14.2. The van der Waals surface area contributed by atoms with E-state index in [0.29, 0.717) is 13.2 Å². The van der Waals surface area contributed by atoms with E-state index in [0.717, 1.165) is 67.9 Å². The van der Waals surface area contributed by atoms with Gasteiger partial charge >= 0.3 is 0 Å². The van der Waals surface area contributed by atoms with Crippen LogP contribution in [0.2, 0.25) is 0 Å². The lowest BCUT2D eigenvalue weighted by atomic mass is 10.1. The molecule has 0 amide bonds. The van der Waals surface area contributed by atoms with Crippen molar-refractivity contribution in [1.29, 1.82) is 0 Å². The van der Waals surface area contributed by atoms with Gasteiger partial charge in [-0.3, -0.25) is 0 Å². The molecule has 8 aromatic carbocycles. The van der Waals surface area contributed by atoms with E-state index in [1.54, 1.807) is 24.3 Å². The summed E-state index contributed by atoms with van der Waals surface area (Å²) in [6.45, 7) is 8.64. The normalized spacial score (nSPS) is 10.4. The number of nitrogens with zero attached hydrogens (tertiary/aromatic N) is 2. The van der Waals surface area contributed by atoms with Crippen LogP contribution in [0, 0.1) is 0 Å². The highest BCUT2D eigenvalue weighted by molar-refractivity contribution is 5.78. The van der Waals surface area contributed by atoms with Crippen LogP contribution in [0.25, 0.3) is 12.2 Å². The van der Waals surface area contributed by atoms with E-state index in [1.807, 2.05) is 133 Å². The number of benzene rings is 8. The van der Waals surface area contributed by atoms with Crippen LogP contribution in [-0.4, -0.2) is 10.2 Å². The van der Waals surface area contributed by atoms with E-state index in [2.05, 4.69) is 83.6 Å². The maximum absolute atomic E-state index is 9.46. The summed E-state index contributed by atoms with van der Waals surface area (Å²) in [6, 6.07) is 67.2. The maximum atomic E-state index is 9.46. The quantitative estimate of drug-likeness (QED) is 0.114. The van der Waals surface area contributed by atoms with Gasteiger partial charge in [-0.15, -0.1) is 0 Å². The van der Waals surface area contributed by atoms with E-state index >= 15 is 0 Å². The molecule has 0 saturated heterocycles. The van der Waals surface area contributed by atoms with Gasteiger partial charge in [0.05, 0.1) is 0 Å². The third kappa shape index (κ3) is 10.7. The first kappa shape index (κ1) is 40.2. The fourth-order valence-corrected chi connectivity index (χ4v) is 6.47. The monoisotopic (exact) mass is 786 g/mol. The highest BCUT2D eigenvalue weighted by Crippen LogP contribution is 2.37. The molecule has 60 heavy (non-hydrogen) atoms. The van der Waals surface area contributed by atoms with Crippen molar-refractivity contribution in [2.45, 2.75) is 13.2 Å². The predicted molar refractivity (Wildman–Crippen MR) is 247 cm³/mol. The Morgan fingerprint density at radius 2 is 0.633 bits per heavy atom. The molecule has 0 radical (unpaired) electrons. The van der Waals surface area contributed by atoms with Crippen LogP contribution in [0.4, 0.5) is 34.1 Å². The lowest BCUT2D eigenvalue weighted by molar-refractivity contribution is 0.306. The molecule has 2 N–H and O–H groups in total. The van der Waals surface area contributed by atoms with Crippen LogP contribution in [-0.2, 0) is 13.2 Å². The minimum absolute atomic E-state index is 0.234. The smallest absolute Gasteiger partial charge is 0.119 e. The SMILES string of the molecule is C=Cc1ccc(COc2ccc(N(c3ccccc3)c3ccc(OCc4ccc(C=C)cc4)cc3)cc2)cc1.Oc1ccc(N(c2ccccc2)c2ccc(O)cc2)cc1. The van der Waals surface area contributed by atoms with Gasteiger partial charge in [-0.05, 0) is 144 Å². The Balaban J connectivity index is 0.000000218. The first-order chi connectivity index (χ1) is 29.4. The first-order valence-corrected chi connectivity index (χ1v) is 19.6. The van der Waals surface area contributed by atoms with Crippen molar-refractivity contribution in [2.24, 2.45) is 0 Å². The van der Waals surface area contributed by atoms with Gasteiger partial charge in [-0.25, -0.2) is 0 Å². The lowest BCUT2D eigenvalue weighted by Crippen LogP contribution is -2.09. The van der Waals surface area contributed by atoms with Crippen LogP contribution in [0.3, 0.4) is 0 Å². The Kier molecular flexibility index (Phi) is 13.4. The van der Waals surface area contributed by atoms with Crippen LogP contribution in [0.15, 0.2) is 219 Å². The molecular formula is C54H46N2O4. The van der Waals surface area contributed by atoms with E-state index < -0.39 is 0 Å².